The van der Waals surface area contributed by atoms with E-state index >= 15 is 0 Å². The second-order valence-electron chi connectivity index (χ2n) is 1.80. The fraction of sp³-hybridized carbons (Fsp3) is 0.867. The second-order valence-corrected chi connectivity index (χ2v) is 1.80. The molecule has 0 aromatic rings. The van der Waals surface area contributed by atoms with E-state index in [1.807, 2.05) is 55.4 Å². The van der Waals surface area contributed by atoms with E-state index in [4.69, 9.17) is 0 Å². The van der Waals surface area contributed by atoms with E-state index in [0.717, 1.165) is 5.92 Å². The van der Waals surface area contributed by atoms with Gasteiger partial charge in [0.25, 0.3) is 0 Å². The molecule has 0 nitrogen and oxygen atoms in total. The zero-order chi connectivity index (χ0) is 14.3. The average Bonchev–Trinajstić information content (AvgIpc) is 2.41. The van der Waals surface area contributed by atoms with Crippen molar-refractivity contribution in [1.82, 2.24) is 0 Å². The molecule has 0 saturated carbocycles. The third-order valence-corrected chi connectivity index (χ3v) is 0.816. The van der Waals surface area contributed by atoms with E-state index in [1.54, 1.807) is 0 Å². The van der Waals surface area contributed by atoms with Gasteiger partial charge in [-0.3, -0.25) is 0 Å². The fourth-order valence-corrected chi connectivity index (χ4v) is 0. The molecule has 0 rings (SSSR count). The van der Waals surface area contributed by atoms with E-state index < -0.39 is 0 Å². The van der Waals surface area contributed by atoms with Gasteiger partial charge in [-0.1, -0.05) is 82.6 Å². The summed E-state index contributed by atoms with van der Waals surface area (Å²) in [6.07, 6.45) is 1.31. The molecule has 0 radical (unpaired) electrons. The van der Waals surface area contributed by atoms with Crippen LogP contribution in [-0.2, 0) is 0 Å². The molecule has 0 aliphatic heterocycles. The Morgan fingerprint density at radius 3 is 0.733 bits per heavy atom. The number of rotatable bonds is 1. The first-order valence-corrected chi connectivity index (χ1v) is 6.77. The third-order valence-electron chi connectivity index (χ3n) is 0.816. The van der Waals surface area contributed by atoms with Crippen LogP contribution in [0, 0.1) is 5.92 Å². The largest absolute Gasteiger partial charge is 0.106 e. The summed E-state index contributed by atoms with van der Waals surface area (Å²) in [6, 6.07) is 0. The Hall–Kier alpha value is -0.260. The van der Waals surface area contributed by atoms with Crippen LogP contribution in [0.4, 0.5) is 0 Å². The zero-order valence-corrected chi connectivity index (χ0v) is 13.7. The highest BCUT2D eigenvalue weighted by atomic mass is 13.9. The average molecular weight is 220 g/mol. The van der Waals surface area contributed by atoms with Crippen molar-refractivity contribution >= 4 is 0 Å². The van der Waals surface area contributed by atoms with Gasteiger partial charge in [0.05, 0.1) is 0 Å². The molecule has 0 amide bonds. The van der Waals surface area contributed by atoms with Crippen molar-refractivity contribution in [3.8, 4) is 0 Å². The summed E-state index contributed by atoms with van der Waals surface area (Å²) in [7, 11) is 0. The molecule has 0 unspecified atom stereocenters. The van der Waals surface area contributed by atoms with Crippen LogP contribution in [0.15, 0.2) is 13.2 Å². The van der Waals surface area contributed by atoms with Crippen molar-refractivity contribution in [1.29, 1.82) is 0 Å². The second kappa shape index (κ2) is 159. The summed E-state index contributed by atoms with van der Waals surface area (Å²) in [5.74, 6) is 0.884. The SMILES string of the molecule is C=C.CC.CC.CC.CC.CCC(C)C. The summed E-state index contributed by atoms with van der Waals surface area (Å²) in [5, 5.41) is 0. The van der Waals surface area contributed by atoms with Gasteiger partial charge in [0, 0.05) is 0 Å². The van der Waals surface area contributed by atoms with Gasteiger partial charge in [-0.15, -0.1) is 13.2 Å². The first-order valence-electron chi connectivity index (χ1n) is 6.77. The third kappa shape index (κ3) is 625. The summed E-state index contributed by atoms with van der Waals surface area (Å²) in [4.78, 5) is 0. The van der Waals surface area contributed by atoms with Crippen LogP contribution < -0.4 is 0 Å². The Morgan fingerprint density at radius 2 is 0.733 bits per heavy atom. The molecule has 100 valence electrons. The number of hydrogen-bond acceptors (Lipinski definition) is 0. The van der Waals surface area contributed by atoms with Crippen molar-refractivity contribution in [2.24, 2.45) is 5.92 Å². The Labute approximate surface area is 102 Å². The molecule has 15 heavy (non-hydrogen) atoms. The van der Waals surface area contributed by atoms with Crippen LogP contribution in [0.1, 0.15) is 82.6 Å². The van der Waals surface area contributed by atoms with Crippen molar-refractivity contribution < 1.29 is 0 Å². The Balaban J connectivity index is -0.0000000177. The number of hydrogen-bond donors (Lipinski definition) is 0. The first-order chi connectivity index (χ1) is 7.27. The summed E-state index contributed by atoms with van der Waals surface area (Å²) >= 11 is 0. The summed E-state index contributed by atoms with van der Waals surface area (Å²) in [6.45, 7) is 28.6. The van der Waals surface area contributed by atoms with E-state index in [1.165, 1.54) is 6.42 Å². The minimum Gasteiger partial charge on any atom is -0.106 e. The predicted octanol–water partition coefficient (Wildman–Crippen LogP) is 6.96. The van der Waals surface area contributed by atoms with Crippen molar-refractivity contribution in [2.45, 2.75) is 82.6 Å². The highest BCUT2D eigenvalue weighted by Gasteiger charge is 1.80. The highest BCUT2D eigenvalue weighted by Crippen LogP contribution is 1.93. The molecular formula is C15H40. The van der Waals surface area contributed by atoms with Crippen LogP contribution in [0.2, 0.25) is 0 Å². The summed E-state index contributed by atoms with van der Waals surface area (Å²) in [5.41, 5.74) is 0. The van der Waals surface area contributed by atoms with Gasteiger partial charge in [-0.05, 0) is 5.92 Å². The van der Waals surface area contributed by atoms with Gasteiger partial charge < -0.3 is 0 Å². The lowest BCUT2D eigenvalue weighted by Gasteiger charge is -1.90. The quantitative estimate of drug-likeness (QED) is 0.419. The van der Waals surface area contributed by atoms with E-state index in [0.29, 0.717) is 0 Å². The Morgan fingerprint density at radius 1 is 0.667 bits per heavy atom. The van der Waals surface area contributed by atoms with Crippen molar-refractivity contribution in [3.63, 3.8) is 0 Å². The highest BCUT2D eigenvalue weighted by molar-refractivity contribution is 4.32. The standard InChI is InChI=1S/C5H12.4C2H6.C2H4/c1-4-5(2)3;5*1-2/h5H,4H2,1-3H3;4*1-2H3;1-2H2. The lowest BCUT2D eigenvalue weighted by molar-refractivity contribution is 0.626. The van der Waals surface area contributed by atoms with Crippen LogP contribution in [0.5, 0.6) is 0 Å². The van der Waals surface area contributed by atoms with E-state index in [2.05, 4.69) is 33.9 Å². The molecular weight excluding hydrogens is 180 g/mol. The maximum atomic E-state index is 3.00. The molecule has 0 saturated heterocycles. The smallest absolute Gasteiger partial charge is 0.0474 e. The van der Waals surface area contributed by atoms with Gasteiger partial charge in [0.2, 0.25) is 0 Å². The lowest BCUT2D eigenvalue weighted by Crippen LogP contribution is -1.77. The molecule has 0 atom stereocenters. The van der Waals surface area contributed by atoms with Gasteiger partial charge in [0.15, 0.2) is 0 Å². The molecule has 0 aromatic carbocycles. The lowest BCUT2D eigenvalue weighted by atomic mass is 10.2. The van der Waals surface area contributed by atoms with Crippen LogP contribution in [-0.4, -0.2) is 0 Å². The van der Waals surface area contributed by atoms with Gasteiger partial charge in [0.1, 0.15) is 0 Å². The van der Waals surface area contributed by atoms with Gasteiger partial charge in [-0.25, -0.2) is 0 Å². The van der Waals surface area contributed by atoms with Crippen LogP contribution in [0.3, 0.4) is 0 Å². The summed E-state index contributed by atoms with van der Waals surface area (Å²) < 4.78 is 0. The molecule has 0 heteroatoms. The van der Waals surface area contributed by atoms with Crippen LogP contribution in [0.25, 0.3) is 0 Å². The monoisotopic (exact) mass is 220 g/mol. The molecule has 0 heterocycles. The maximum Gasteiger partial charge on any atom is -0.0474 e. The van der Waals surface area contributed by atoms with Crippen LogP contribution >= 0.6 is 0 Å². The Bertz CT molecular complexity index is 21.2. The minimum absolute atomic E-state index is 0.884. The molecule has 0 aromatic heterocycles. The normalized spacial score (nSPS) is 5.07. The predicted molar refractivity (Wildman–Crippen MR) is 81.8 cm³/mol. The minimum atomic E-state index is 0.884. The van der Waals surface area contributed by atoms with E-state index in [9.17, 15) is 0 Å². The van der Waals surface area contributed by atoms with E-state index in [-0.39, 0.29) is 0 Å². The topological polar surface area (TPSA) is 0 Å². The first kappa shape index (κ1) is 36.4. The fourth-order valence-electron chi connectivity index (χ4n) is 0. The molecule has 0 aliphatic carbocycles. The van der Waals surface area contributed by atoms with Crippen molar-refractivity contribution in [3.05, 3.63) is 13.2 Å². The molecule has 0 bridgehead atoms. The molecule has 0 N–H and O–H groups in total. The Kier molecular flexibility index (Phi) is 387. The van der Waals surface area contributed by atoms with Crippen molar-refractivity contribution in [2.75, 3.05) is 0 Å². The maximum absolute atomic E-state index is 3.00. The zero-order valence-electron chi connectivity index (χ0n) is 13.7. The molecule has 0 spiro atoms. The molecule has 0 fully saturated rings. The molecule has 0 aliphatic rings. The van der Waals surface area contributed by atoms with Gasteiger partial charge in [-0.2, -0.15) is 0 Å². The van der Waals surface area contributed by atoms with Gasteiger partial charge >= 0.3 is 0 Å².